The maximum Gasteiger partial charge on any atom is 0.0340 e. The minimum absolute atomic E-state index is 0.699. The summed E-state index contributed by atoms with van der Waals surface area (Å²) in [6, 6.07) is 8.84. The summed E-state index contributed by atoms with van der Waals surface area (Å²) < 4.78 is 0. The molecule has 0 fully saturated rings. The molecule has 0 saturated heterocycles. The number of hydrogen-bond acceptors (Lipinski definition) is 1. The summed E-state index contributed by atoms with van der Waals surface area (Å²) in [5, 5.41) is 3.43. The molecule has 0 aromatic heterocycles. The molecule has 0 unspecified atom stereocenters. The smallest absolute Gasteiger partial charge is 0.0340 e. The van der Waals surface area contributed by atoms with Crippen LogP contribution in [0, 0.1) is 5.92 Å². The third-order valence-electron chi connectivity index (χ3n) is 2.49. The van der Waals surface area contributed by atoms with E-state index in [4.69, 9.17) is 0 Å². The van der Waals surface area contributed by atoms with Crippen LogP contribution < -0.4 is 5.32 Å². The number of anilines is 1. The van der Waals surface area contributed by atoms with Crippen molar-refractivity contribution in [1.82, 2.24) is 0 Å². The van der Waals surface area contributed by atoms with Gasteiger partial charge in [0.2, 0.25) is 0 Å². The van der Waals surface area contributed by atoms with Crippen molar-refractivity contribution in [3.8, 4) is 0 Å². The van der Waals surface area contributed by atoms with Crippen LogP contribution in [0.2, 0.25) is 0 Å². The lowest BCUT2D eigenvalue weighted by Crippen LogP contribution is -2.07. The van der Waals surface area contributed by atoms with E-state index in [1.807, 2.05) is 0 Å². The van der Waals surface area contributed by atoms with Crippen molar-refractivity contribution in [2.24, 2.45) is 5.92 Å². The third-order valence-corrected chi connectivity index (χ3v) is 2.49. The molecule has 1 aromatic rings. The Hall–Kier alpha value is -0.980. The Bertz CT molecular complexity index is 261. The van der Waals surface area contributed by atoms with Gasteiger partial charge in [-0.15, -0.1) is 0 Å². The van der Waals surface area contributed by atoms with Crippen molar-refractivity contribution < 1.29 is 0 Å². The van der Waals surface area contributed by atoms with E-state index in [1.165, 1.54) is 30.5 Å². The number of hydrogen-bond donors (Lipinski definition) is 1. The fraction of sp³-hybridized carbons (Fsp3) is 0.571. The first-order valence-corrected chi connectivity index (χ1v) is 6.05. The summed E-state index contributed by atoms with van der Waals surface area (Å²) in [4.78, 5) is 0. The molecule has 15 heavy (non-hydrogen) atoms. The number of nitrogens with one attached hydrogen (secondary N) is 1. The van der Waals surface area contributed by atoms with Crippen molar-refractivity contribution in [3.05, 3.63) is 29.8 Å². The van der Waals surface area contributed by atoms with Crippen molar-refractivity contribution in [3.63, 3.8) is 0 Å². The maximum absolute atomic E-state index is 3.43. The highest BCUT2D eigenvalue weighted by Gasteiger charge is 1.96. The molecule has 0 aliphatic rings. The Morgan fingerprint density at radius 3 is 2.33 bits per heavy atom. The van der Waals surface area contributed by atoms with E-state index in [-0.39, 0.29) is 0 Å². The van der Waals surface area contributed by atoms with E-state index in [1.54, 1.807) is 0 Å². The van der Waals surface area contributed by atoms with Crippen LogP contribution in [0.3, 0.4) is 0 Å². The molecule has 0 aliphatic carbocycles. The zero-order chi connectivity index (χ0) is 11.1. The molecular formula is C14H23N. The normalized spacial score (nSPS) is 10.7. The highest BCUT2D eigenvalue weighted by Crippen LogP contribution is 2.12. The van der Waals surface area contributed by atoms with Gasteiger partial charge in [0.1, 0.15) is 0 Å². The van der Waals surface area contributed by atoms with Gasteiger partial charge in [0, 0.05) is 12.2 Å². The molecule has 1 rings (SSSR count). The highest BCUT2D eigenvalue weighted by molar-refractivity contribution is 5.44. The van der Waals surface area contributed by atoms with E-state index in [0.29, 0.717) is 5.92 Å². The highest BCUT2D eigenvalue weighted by atomic mass is 14.9. The molecule has 0 saturated carbocycles. The lowest BCUT2D eigenvalue weighted by molar-refractivity contribution is 0.689. The molecular weight excluding hydrogens is 182 g/mol. The molecule has 1 aromatic carbocycles. The number of rotatable bonds is 6. The first kappa shape index (κ1) is 12.1. The van der Waals surface area contributed by atoms with Crippen molar-refractivity contribution in [2.45, 2.75) is 40.0 Å². The quantitative estimate of drug-likeness (QED) is 0.737. The maximum atomic E-state index is 3.43. The average molecular weight is 205 g/mol. The van der Waals surface area contributed by atoms with Gasteiger partial charge in [-0.05, 0) is 36.5 Å². The number of benzene rings is 1. The van der Waals surface area contributed by atoms with Gasteiger partial charge >= 0.3 is 0 Å². The van der Waals surface area contributed by atoms with Crippen LogP contribution in [0.4, 0.5) is 5.69 Å². The van der Waals surface area contributed by atoms with Crippen LogP contribution in [-0.2, 0) is 6.42 Å². The van der Waals surface area contributed by atoms with Gasteiger partial charge in [-0.2, -0.15) is 0 Å². The van der Waals surface area contributed by atoms with Crippen LogP contribution in [0.15, 0.2) is 24.3 Å². The number of unbranched alkanes of at least 4 members (excludes halogenated alkanes) is 1. The van der Waals surface area contributed by atoms with Gasteiger partial charge in [0.05, 0.1) is 0 Å². The lowest BCUT2D eigenvalue weighted by atomic mass is 10.1. The molecule has 0 atom stereocenters. The first-order valence-electron chi connectivity index (χ1n) is 6.05. The van der Waals surface area contributed by atoms with E-state index >= 15 is 0 Å². The molecule has 0 aliphatic heterocycles. The van der Waals surface area contributed by atoms with E-state index < -0.39 is 0 Å². The van der Waals surface area contributed by atoms with Crippen molar-refractivity contribution >= 4 is 5.69 Å². The van der Waals surface area contributed by atoms with Crippen molar-refractivity contribution in [2.75, 3.05) is 11.9 Å². The molecule has 0 heterocycles. The first-order chi connectivity index (χ1) is 7.22. The second-order valence-electron chi connectivity index (χ2n) is 4.58. The van der Waals surface area contributed by atoms with E-state index in [2.05, 4.69) is 50.4 Å². The average Bonchev–Trinajstić information content (AvgIpc) is 2.25. The lowest BCUT2D eigenvalue weighted by Gasteiger charge is -2.09. The molecule has 0 spiro atoms. The van der Waals surface area contributed by atoms with Gasteiger partial charge in [0.15, 0.2) is 0 Å². The molecule has 0 amide bonds. The Kier molecular flexibility index (Phi) is 5.23. The number of aryl methyl sites for hydroxylation is 1. The van der Waals surface area contributed by atoms with E-state index in [0.717, 1.165) is 6.54 Å². The zero-order valence-corrected chi connectivity index (χ0v) is 10.2. The molecule has 1 heteroatoms. The Morgan fingerprint density at radius 1 is 1.13 bits per heavy atom. The Balaban J connectivity index is 2.41. The van der Waals surface area contributed by atoms with Gasteiger partial charge in [-0.1, -0.05) is 39.3 Å². The Labute approximate surface area is 93.9 Å². The second kappa shape index (κ2) is 6.49. The van der Waals surface area contributed by atoms with Gasteiger partial charge in [-0.25, -0.2) is 0 Å². The molecule has 1 N–H and O–H groups in total. The van der Waals surface area contributed by atoms with E-state index in [9.17, 15) is 0 Å². The fourth-order valence-electron chi connectivity index (χ4n) is 1.49. The van der Waals surface area contributed by atoms with Crippen LogP contribution in [-0.4, -0.2) is 6.54 Å². The topological polar surface area (TPSA) is 12.0 Å². The SMILES string of the molecule is CCCCc1ccc(NCC(C)C)cc1. The predicted molar refractivity (Wildman–Crippen MR) is 68.4 cm³/mol. The predicted octanol–water partition coefficient (Wildman–Crippen LogP) is 4.10. The van der Waals surface area contributed by atoms with Gasteiger partial charge in [0.25, 0.3) is 0 Å². The minimum atomic E-state index is 0.699. The summed E-state index contributed by atoms with van der Waals surface area (Å²) in [6.07, 6.45) is 3.77. The third kappa shape index (κ3) is 4.87. The molecule has 84 valence electrons. The summed E-state index contributed by atoms with van der Waals surface area (Å²) in [7, 11) is 0. The summed E-state index contributed by atoms with van der Waals surface area (Å²) in [5.41, 5.74) is 2.69. The standard InChI is InChI=1S/C14H23N/c1-4-5-6-13-7-9-14(10-8-13)15-11-12(2)3/h7-10,12,15H,4-6,11H2,1-3H3. The minimum Gasteiger partial charge on any atom is -0.385 e. The van der Waals surface area contributed by atoms with Crippen LogP contribution in [0.5, 0.6) is 0 Å². The zero-order valence-electron chi connectivity index (χ0n) is 10.2. The fourth-order valence-corrected chi connectivity index (χ4v) is 1.49. The van der Waals surface area contributed by atoms with Gasteiger partial charge in [-0.3, -0.25) is 0 Å². The molecule has 1 nitrogen and oxygen atoms in total. The van der Waals surface area contributed by atoms with Crippen LogP contribution >= 0.6 is 0 Å². The van der Waals surface area contributed by atoms with Crippen LogP contribution in [0.1, 0.15) is 39.2 Å². The largest absolute Gasteiger partial charge is 0.385 e. The summed E-state index contributed by atoms with van der Waals surface area (Å²) >= 11 is 0. The molecule has 0 bridgehead atoms. The van der Waals surface area contributed by atoms with Gasteiger partial charge < -0.3 is 5.32 Å². The molecule has 0 radical (unpaired) electrons. The monoisotopic (exact) mass is 205 g/mol. The summed E-state index contributed by atoms with van der Waals surface area (Å²) in [5.74, 6) is 0.699. The van der Waals surface area contributed by atoms with Crippen LogP contribution in [0.25, 0.3) is 0 Å². The summed E-state index contributed by atoms with van der Waals surface area (Å²) in [6.45, 7) is 7.73. The second-order valence-corrected chi connectivity index (χ2v) is 4.58. The van der Waals surface area contributed by atoms with Crippen molar-refractivity contribution in [1.29, 1.82) is 0 Å². The Morgan fingerprint density at radius 2 is 1.80 bits per heavy atom.